The van der Waals surface area contributed by atoms with Crippen LogP contribution >= 0.6 is 0 Å². The van der Waals surface area contributed by atoms with Crippen molar-refractivity contribution in [2.75, 3.05) is 33.3 Å². The van der Waals surface area contributed by atoms with Crippen molar-refractivity contribution in [2.24, 2.45) is 5.73 Å². The Morgan fingerprint density at radius 2 is 1.90 bits per heavy atom. The lowest BCUT2D eigenvalue weighted by atomic mass is 9.91. The number of hydrogen-bond donors (Lipinski definition) is 3. The maximum Gasteiger partial charge on any atom is 0.255 e. The highest BCUT2D eigenvalue weighted by Crippen LogP contribution is 2.36. The Morgan fingerprint density at radius 1 is 1.17 bits per heavy atom. The molecule has 1 atom stereocenters. The minimum absolute atomic E-state index is 0.175. The van der Waals surface area contributed by atoms with Gasteiger partial charge in [-0.2, -0.15) is 0 Å². The molecule has 1 saturated heterocycles. The molecule has 1 aromatic heterocycles. The Hall–Kier alpha value is -2.90. The Morgan fingerprint density at radius 3 is 2.55 bits per heavy atom. The van der Waals surface area contributed by atoms with Crippen molar-refractivity contribution in [2.45, 2.75) is 19.4 Å². The second-order valence-electron chi connectivity index (χ2n) is 7.35. The number of nitrogens with two attached hydrogens (primary N) is 1. The Kier molecular flexibility index (Phi) is 5.25. The largest absolute Gasteiger partial charge is 0.377 e. The lowest BCUT2D eigenvalue weighted by Gasteiger charge is -2.30. The summed E-state index contributed by atoms with van der Waals surface area (Å²) >= 11 is 0. The molecule has 1 fully saturated rings. The molecule has 0 radical (unpaired) electrons. The van der Waals surface area contributed by atoms with E-state index in [0.717, 1.165) is 29.4 Å². The van der Waals surface area contributed by atoms with Crippen LogP contribution in [-0.2, 0) is 4.74 Å². The number of carbonyl (C=O) groups excluding carboxylic acids is 2. The number of hydrogen-bond acceptors (Lipinski definition) is 4. The lowest BCUT2D eigenvalue weighted by molar-refractivity contribution is 0.0709. The molecule has 7 nitrogen and oxygen atoms in total. The van der Waals surface area contributed by atoms with Crippen molar-refractivity contribution in [3.05, 3.63) is 47.0 Å². The van der Waals surface area contributed by atoms with Crippen molar-refractivity contribution in [3.8, 4) is 0 Å². The first-order valence-electron chi connectivity index (χ1n) is 9.96. The van der Waals surface area contributed by atoms with E-state index in [1.54, 1.807) is 12.0 Å². The first-order valence-corrected chi connectivity index (χ1v) is 9.96. The van der Waals surface area contributed by atoms with Crippen LogP contribution < -0.4 is 11.1 Å². The molecule has 0 aliphatic carbocycles. The topological polar surface area (TPSA) is 100 Å². The van der Waals surface area contributed by atoms with Crippen LogP contribution in [0.15, 0.2) is 30.3 Å². The molecule has 1 unspecified atom stereocenters. The molecule has 2 amide bonds. The van der Waals surface area contributed by atoms with Crippen molar-refractivity contribution in [1.82, 2.24) is 15.2 Å². The second kappa shape index (κ2) is 7.85. The van der Waals surface area contributed by atoms with E-state index < -0.39 is 5.91 Å². The zero-order valence-corrected chi connectivity index (χ0v) is 16.7. The number of nitrogens with zero attached hydrogens (tertiary/aromatic N) is 1. The summed E-state index contributed by atoms with van der Waals surface area (Å²) in [7, 11) is 1.62. The highest BCUT2D eigenvalue weighted by molar-refractivity contribution is 6.20. The molecule has 1 aliphatic heterocycles. The third-order valence-electron chi connectivity index (χ3n) is 5.70. The molecule has 0 spiro atoms. The van der Waals surface area contributed by atoms with Crippen molar-refractivity contribution in [3.63, 3.8) is 0 Å². The van der Waals surface area contributed by atoms with E-state index in [1.165, 1.54) is 0 Å². The quantitative estimate of drug-likeness (QED) is 0.619. The van der Waals surface area contributed by atoms with E-state index in [1.807, 2.05) is 37.3 Å². The number of nitrogens with one attached hydrogen (secondary N) is 2. The van der Waals surface area contributed by atoms with Gasteiger partial charge < -0.3 is 25.7 Å². The molecule has 0 saturated carbocycles. The van der Waals surface area contributed by atoms with E-state index in [2.05, 4.69) is 10.3 Å². The van der Waals surface area contributed by atoms with Crippen LogP contribution in [0.5, 0.6) is 0 Å². The summed E-state index contributed by atoms with van der Waals surface area (Å²) in [5.74, 6) is -0.792. The third-order valence-corrected chi connectivity index (χ3v) is 5.70. The predicted octanol–water partition coefficient (Wildman–Crippen LogP) is 2.56. The van der Waals surface area contributed by atoms with Gasteiger partial charge in [0.2, 0.25) is 0 Å². The van der Waals surface area contributed by atoms with E-state index in [4.69, 9.17) is 10.5 Å². The van der Waals surface area contributed by atoms with Crippen LogP contribution in [-0.4, -0.2) is 55.0 Å². The van der Waals surface area contributed by atoms with Crippen LogP contribution in [0.3, 0.4) is 0 Å². The van der Waals surface area contributed by atoms with Crippen LogP contribution in [0.25, 0.3) is 21.8 Å². The fourth-order valence-corrected chi connectivity index (χ4v) is 4.28. The van der Waals surface area contributed by atoms with E-state index in [9.17, 15) is 9.59 Å². The number of rotatable bonds is 5. The molecule has 0 bridgehead atoms. The number of primary amides is 1. The average molecular weight is 394 g/mol. The number of amides is 2. The van der Waals surface area contributed by atoms with Crippen LogP contribution in [0, 0.1) is 0 Å². The average Bonchev–Trinajstić information content (AvgIpc) is 3.12. The molecule has 4 N–H and O–H groups in total. The van der Waals surface area contributed by atoms with Gasteiger partial charge in [-0.05, 0) is 24.1 Å². The van der Waals surface area contributed by atoms with Crippen LogP contribution in [0.4, 0.5) is 0 Å². The minimum atomic E-state index is -0.618. The first kappa shape index (κ1) is 19.4. The van der Waals surface area contributed by atoms with Crippen LogP contribution in [0.1, 0.15) is 45.7 Å². The van der Waals surface area contributed by atoms with E-state index >= 15 is 0 Å². The Bertz CT molecular complexity index is 1080. The predicted molar refractivity (Wildman–Crippen MR) is 113 cm³/mol. The summed E-state index contributed by atoms with van der Waals surface area (Å²) in [5, 5.41) is 5.11. The van der Waals surface area contributed by atoms with Crippen molar-refractivity contribution in [1.29, 1.82) is 0 Å². The normalized spacial score (nSPS) is 15.7. The van der Waals surface area contributed by atoms with Gasteiger partial charge in [0, 0.05) is 49.6 Å². The Labute approximate surface area is 169 Å². The molecule has 1 aliphatic rings. The summed E-state index contributed by atoms with van der Waals surface area (Å²) in [6.45, 7) is 4.62. The number of aromatic nitrogens is 1. The molecule has 7 heteroatoms. The standard InChI is InChI=1S/C22H26N4O3/c1-3-17(29-2)15-12-14-13-6-4-5-7-16(13)25-20(14)19(21(23)27)18(15)22(28)26-10-8-24-9-11-26/h4-7,12,17,24-25H,3,8-11H2,1-2H3,(H2,23,27). The maximum absolute atomic E-state index is 13.6. The molecule has 3 aromatic rings. The lowest BCUT2D eigenvalue weighted by Crippen LogP contribution is -2.47. The molecular formula is C22H26N4O3. The minimum Gasteiger partial charge on any atom is -0.377 e. The molecule has 29 heavy (non-hydrogen) atoms. The van der Waals surface area contributed by atoms with Gasteiger partial charge in [0.25, 0.3) is 11.8 Å². The summed E-state index contributed by atoms with van der Waals surface area (Å²) in [5.41, 5.74) is 8.65. The SMILES string of the molecule is CCC(OC)c1cc2c([nH]c3ccccc32)c(C(N)=O)c1C(=O)N1CCNCC1. The van der Waals surface area contributed by atoms with Gasteiger partial charge in [-0.15, -0.1) is 0 Å². The number of piperazine rings is 1. The summed E-state index contributed by atoms with van der Waals surface area (Å²) in [4.78, 5) is 31.3. The zero-order valence-electron chi connectivity index (χ0n) is 16.7. The van der Waals surface area contributed by atoms with Gasteiger partial charge in [0.05, 0.1) is 22.7 Å². The summed E-state index contributed by atoms with van der Waals surface area (Å²) in [6.07, 6.45) is 0.359. The van der Waals surface area contributed by atoms with Crippen molar-refractivity contribution < 1.29 is 14.3 Å². The fraction of sp³-hybridized carbons (Fsp3) is 0.364. The van der Waals surface area contributed by atoms with Crippen LogP contribution in [0.2, 0.25) is 0 Å². The number of aromatic amines is 1. The van der Waals surface area contributed by atoms with E-state index in [-0.39, 0.29) is 17.6 Å². The smallest absolute Gasteiger partial charge is 0.255 e. The van der Waals surface area contributed by atoms with E-state index in [0.29, 0.717) is 36.2 Å². The third kappa shape index (κ3) is 3.26. The summed E-state index contributed by atoms with van der Waals surface area (Å²) < 4.78 is 5.69. The highest BCUT2D eigenvalue weighted by atomic mass is 16.5. The highest BCUT2D eigenvalue weighted by Gasteiger charge is 2.31. The fourth-order valence-electron chi connectivity index (χ4n) is 4.28. The number of H-pyrrole nitrogens is 1. The van der Waals surface area contributed by atoms with Gasteiger partial charge in [-0.3, -0.25) is 9.59 Å². The number of para-hydroxylation sites is 1. The monoisotopic (exact) mass is 394 g/mol. The molecule has 152 valence electrons. The maximum atomic E-state index is 13.6. The van der Waals surface area contributed by atoms with Crippen molar-refractivity contribution >= 4 is 33.6 Å². The van der Waals surface area contributed by atoms with Gasteiger partial charge >= 0.3 is 0 Å². The zero-order chi connectivity index (χ0) is 20.5. The molecule has 2 aromatic carbocycles. The van der Waals surface area contributed by atoms with Gasteiger partial charge in [-0.1, -0.05) is 25.1 Å². The molecular weight excluding hydrogens is 368 g/mol. The second-order valence-corrected chi connectivity index (χ2v) is 7.35. The number of carbonyl (C=O) groups is 2. The number of methoxy groups -OCH3 is 1. The van der Waals surface area contributed by atoms with Gasteiger partial charge in [0.15, 0.2) is 0 Å². The number of benzene rings is 2. The number of fused-ring (bicyclic) bond motifs is 3. The van der Waals surface area contributed by atoms with Gasteiger partial charge in [-0.25, -0.2) is 0 Å². The number of ether oxygens (including phenoxy) is 1. The summed E-state index contributed by atoms with van der Waals surface area (Å²) in [6, 6.07) is 9.80. The molecule has 4 rings (SSSR count). The first-order chi connectivity index (χ1) is 14.1. The van der Waals surface area contributed by atoms with Gasteiger partial charge in [0.1, 0.15) is 0 Å². The molecule has 2 heterocycles. The Balaban J connectivity index is 2.05.